The minimum atomic E-state index is -0.417. The fourth-order valence-electron chi connectivity index (χ4n) is 1.55. The quantitative estimate of drug-likeness (QED) is 0.562. The van der Waals surface area contributed by atoms with Gasteiger partial charge in [-0.2, -0.15) is 0 Å². The topological polar surface area (TPSA) is 91.9 Å². The van der Waals surface area contributed by atoms with E-state index >= 15 is 0 Å². The number of hydrogen-bond donors (Lipinski definition) is 4. The lowest BCUT2D eigenvalue weighted by Gasteiger charge is -2.24. The number of benzene rings is 1. The number of aliphatic imine (C=N–C) groups is 1. The highest BCUT2D eigenvalue weighted by Crippen LogP contribution is 2.30. The summed E-state index contributed by atoms with van der Waals surface area (Å²) in [6.45, 7) is 0. The van der Waals surface area contributed by atoms with Crippen LogP contribution in [0.5, 0.6) is 11.5 Å². The van der Waals surface area contributed by atoms with Crippen LogP contribution in [0.1, 0.15) is 11.7 Å². The molecule has 17 heavy (non-hydrogen) atoms. The van der Waals surface area contributed by atoms with Crippen molar-refractivity contribution < 1.29 is 9.84 Å². The molecule has 0 radical (unpaired) electrons. The number of guanidine groups is 1. The molecule has 1 aliphatic rings. The summed E-state index contributed by atoms with van der Waals surface area (Å²) in [7, 11) is 1.52. The number of aromatic hydroxyl groups is 1. The van der Waals surface area contributed by atoms with E-state index in [4.69, 9.17) is 22.7 Å². The monoisotopic (exact) mass is 252 g/mol. The number of thiocarbonyl (C=S) groups is 1. The highest BCUT2D eigenvalue weighted by atomic mass is 32.1. The molecule has 5 N–H and O–H groups in total. The summed E-state index contributed by atoms with van der Waals surface area (Å²) in [4.78, 5) is 4.16. The number of phenolic OH excluding ortho intramolecular Hbond substituents is 1. The van der Waals surface area contributed by atoms with Crippen LogP contribution in [0, 0.1) is 0 Å². The largest absolute Gasteiger partial charge is 0.508 e. The van der Waals surface area contributed by atoms with Gasteiger partial charge in [0, 0.05) is 11.6 Å². The molecule has 7 heteroatoms. The van der Waals surface area contributed by atoms with Gasteiger partial charge in [0.1, 0.15) is 11.5 Å². The summed E-state index contributed by atoms with van der Waals surface area (Å²) in [6.07, 6.45) is -0.417. The summed E-state index contributed by atoms with van der Waals surface area (Å²) in [5.74, 6) is 0.886. The third kappa shape index (κ3) is 2.39. The number of rotatable bonds is 2. The van der Waals surface area contributed by atoms with Crippen molar-refractivity contribution in [3.8, 4) is 11.5 Å². The number of ether oxygens (including phenoxy) is 1. The van der Waals surface area contributed by atoms with Gasteiger partial charge in [0.2, 0.25) is 0 Å². The Labute approximate surface area is 103 Å². The van der Waals surface area contributed by atoms with Crippen LogP contribution in [-0.2, 0) is 0 Å². The molecule has 1 heterocycles. The first-order chi connectivity index (χ1) is 8.10. The second-order valence-corrected chi connectivity index (χ2v) is 3.85. The van der Waals surface area contributed by atoms with Crippen LogP contribution in [0.2, 0.25) is 0 Å². The van der Waals surface area contributed by atoms with E-state index in [2.05, 4.69) is 15.6 Å². The summed E-state index contributed by atoms with van der Waals surface area (Å²) in [5.41, 5.74) is 6.34. The van der Waals surface area contributed by atoms with Crippen molar-refractivity contribution in [2.75, 3.05) is 7.11 Å². The molecule has 0 fully saturated rings. The predicted octanol–water partition coefficient (Wildman–Crippen LogP) is 0.192. The van der Waals surface area contributed by atoms with Crippen molar-refractivity contribution >= 4 is 23.3 Å². The van der Waals surface area contributed by atoms with Crippen molar-refractivity contribution in [3.63, 3.8) is 0 Å². The molecule has 1 aromatic carbocycles. The molecule has 0 bridgehead atoms. The maximum Gasteiger partial charge on any atom is 0.197 e. The maximum atomic E-state index is 9.37. The van der Waals surface area contributed by atoms with E-state index < -0.39 is 6.17 Å². The lowest BCUT2D eigenvalue weighted by molar-refractivity contribution is 0.397. The second kappa shape index (κ2) is 4.46. The second-order valence-electron chi connectivity index (χ2n) is 3.44. The first-order valence-corrected chi connectivity index (χ1v) is 5.28. The van der Waals surface area contributed by atoms with Gasteiger partial charge < -0.3 is 26.2 Å². The number of methoxy groups -OCH3 is 1. The van der Waals surface area contributed by atoms with E-state index in [0.29, 0.717) is 10.9 Å². The van der Waals surface area contributed by atoms with Gasteiger partial charge in [-0.25, -0.2) is 4.99 Å². The molecule has 0 saturated heterocycles. The Bertz CT molecular complexity index is 489. The molecule has 0 spiro atoms. The van der Waals surface area contributed by atoms with Crippen molar-refractivity contribution in [1.29, 1.82) is 0 Å². The molecule has 0 unspecified atom stereocenters. The van der Waals surface area contributed by atoms with E-state index in [0.717, 1.165) is 5.56 Å². The Balaban J connectivity index is 2.40. The number of nitrogens with one attached hydrogen (secondary N) is 2. The Morgan fingerprint density at radius 3 is 2.94 bits per heavy atom. The van der Waals surface area contributed by atoms with Crippen molar-refractivity contribution in [1.82, 2.24) is 10.6 Å². The van der Waals surface area contributed by atoms with Gasteiger partial charge in [0.05, 0.1) is 7.11 Å². The molecule has 2 rings (SSSR count). The van der Waals surface area contributed by atoms with Crippen LogP contribution >= 0.6 is 12.2 Å². The fourth-order valence-corrected chi connectivity index (χ4v) is 1.77. The van der Waals surface area contributed by atoms with Gasteiger partial charge in [0.25, 0.3) is 0 Å². The summed E-state index contributed by atoms with van der Waals surface area (Å²) >= 11 is 4.99. The van der Waals surface area contributed by atoms with Gasteiger partial charge >= 0.3 is 0 Å². The van der Waals surface area contributed by atoms with Gasteiger partial charge in [-0.1, -0.05) is 0 Å². The summed E-state index contributed by atoms with van der Waals surface area (Å²) in [5, 5.41) is 15.4. The number of phenols is 1. The highest BCUT2D eigenvalue weighted by Gasteiger charge is 2.20. The Morgan fingerprint density at radius 1 is 1.53 bits per heavy atom. The molecule has 1 aliphatic heterocycles. The number of nitrogens with zero attached hydrogens (tertiary/aromatic N) is 1. The molecule has 6 nitrogen and oxygen atoms in total. The van der Waals surface area contributed by atoms with Gasteiger partial charge in [-0.3, -0.25) is 0 Å². The zero-order chi connectivity index (χ0) is 12.4. The van der Waals surface area contributed by atoms with Crippen LogP contribution in [-0.4, -0.2) is 23.3 Å². The van der Waals surface area contributed by atoms with Gasteiger partial charge in [-0.05, 0) is 24.4 Å². The molecule has 0 amide bonds. The molecule has 1 atom stereocenters. The Hall–Kier alpha value is -2.02. The van der Waals surface area contributed by atoms with Crippen LogP contribution in [0.15, 0.2) is 23.2 Å². The van der Waals surface area contributed by atoms with Gasteiger partial charge in [-0.15, -0.1) is 0 Å². The first kappa shape index (κ1) is 11.5. The van der Waals surface area contributed by atoms with Crippen molar-refractivity contribution in [3.05, 3.63) is 23.8 Å². The zero-order valence-electron chi connectivity index (χ0n) is 9.10. The summed E-state index contributed by atoms with van der Waals surface area (Å²) < 4.78 is 5.18. The Morgan fingerprint density at radius 2 is 2.29 bits per heavy atom. The fraction of sp³-hybridized carbons (Fsp3) is 0.200. The van der Waals surface area contributed by atoms with E-state index in [1.165, 1.54) is 13.2 Å². The smallest absolute Gasteiger partial charge is 0.197 e. The first-order valence-electron chi connectivity index (χ1n) is 4.88. The highest BCUT2D eigenvalue weighted by molar-refractivity contribution is 7.80. The third-order valence-electron chi connectivity index (χ3n) is 2.29. The SMILES string of the molecule is COc1cc(O)ccc1[C@@H]1N=C(N)NC(=S)N1. The third-order valence-corrected chi connectivity index (χ3v) is 2.51. The lowest BCUT2D eigenvalue weighted by Crippen LogP contribution is -2.49. The number of nitrogens with two attached hydrogens (primary N) is 1. The zero-order valence-corrected chi connectivity index (χ0v) is 9.91. The van der Waals surface area contributed by atoms with Gasteiger partial charge in [0.15, 0.2) is 17.2 Å². The van der Waals surface area contributed by atoms with Crippen molar-refractivity contribution in [2.45, 2.75) is 6.17 Å². The Kier molecular flexibility index (Phi) is 3.01. The van der Waals surface area contributed by atoms with E-state index in [9.17, 15) is 5.11 Å². The molecular weight excluding hydrogens is 240 g/mol. The molecule has 1 aromatic rings. The predicted molar refractivity (Wildman–Crippen MR) is 67.9 cm³/mol. The molecule has 90 valence electrons. The van der Waals surface area contributed by atoms with E-state index in [1.54, 1.807) is 12.1 Å². The lowest BCUT2D eigenvalue weighted by atomic mass is 10.1. The maximum absolute atomic E-state index is 9.37. The summed E-state index contributed by atoms with van der Waals surface area (Å²) in [6, 6.07) is 4.76. The molecule has 0 aliphatic carbocycles. The van der Waals surface area contributed by atoms with Crippen LogP contribution in [0.4, 0.5) is 0 Å². The molecule has 0 aromatic heterocycles. The van der Waals surface area contributed by atoms with E-state index in [1.807, 2.05) is 0 Å². The normalized spacial score (nSPS) is 19.0. The van der Waals surface area contributed by atoms with Crippen LogP contribution in [0.25, 0.3) is 0 Å². The van der Waals surface area contributed by atoms with E-state index in [-0.39, 0.29) is 11.7 Å². The standard InChI is InChI=1S/C10H12N4O2S/c1-16-7-4-5(15)2-3-6(7)8-12-9(11)14-10(17)13-8/h2-4,8,15H,1H3,(H4,11,12,13,14,17)/t8-/m1/s1. The average Bonchev–Trinajstić information content (AvgIpc) is 2.27. The minimum Gasteiger partial charge on any atom is -0.508 e. The molecule has 0 saturated carbocycles. The van der Waals surface area contributed by atoms with Crippen LogP contribution < -0.4 is 21.1 Å². The van der Waals surface area contributed by atoms with Crippen LogP contribution in [0.3, 0.4) is 0 Å². The number of hydrogen-bond acceptors (Lipinski definition) is 5. The minimum absolute atomic E-state index is 0.124. The average molecular weight is 252 g/mol. The molecular formula is C10H12N4O2S. The van der Waals surface area contributed by atoms with Crippen molar-refractivity contribution in [2.24, 2.45) is 10.7 Å².